The Morgan fingerprint density at radius 2 is 1.39 bits per heavy atom. The van der Waals surface area contributed by atoms with Gasteiger partial charge in [-0.15, -0.1) is 0 Å². The van der Waals surface area contributed by atoms with Crippen LogP contribution in [0.4, 0.5) is 0 Å². The third-order valence-electron chi connectivity index (χ3n) is 3.17. The molecule has 0 aliphatic rings. The lowest BCUT2D eigenvalue weighted by molar-refractivity contribution is -0.163. The normalized spacial score (nSPS) is 13.0. The molecule has 2 atom stereocenters. The van der Waals surface area contributed by atoms with Crippen molar-refractivity contribution in [1.82, 2.24) is 5.32 Å². The van der Waals surface area contributed by atoms with E-state index in [0.717, 1.165) is 21.3 Å². The van der Waals surface area contributed by atoms with Gasteiger partial charge in [0.1, 0.15) is 12.6 Å². The van der Waals surface area contributed by atoms with E-state index in [0.29, 0.717) is 6.61 Å². The number of methoxy groups -OCH3 is 3. The predicted molar refractivity (Wildman–Crippen MR) is 77.1 cm³/mol. The van der Waals surface area contributed by atoms with E-state index in [-0.39, 0.29) is 6.61 Å². The lowest BCUT2D eigenvalue weighted by atomic mass is 9.87. The first kappa shape index (κ1) is 20.8. The fraction of sp³-hybridized carbons (Fsp3) is 0.714. The van der Waals surface area contributed by atoms with Gasteiger partial charge >= 0.3 is 17.9 Å². The third-order valence-corrected chi connectivity index (χ3v) is 3.17. The Hall–Kier alpha value is -2.16. The van der Waals surface area contributed by atoms with Gasteiger partial charge in [-0.25, -0.2) is 4.79 Å². The Bertz CT molecular complexity index is 420. The van der Waals surface area contributed by atoms with Crippen molar-refractivity contribution < 1.29 is 38.1 Å². The van der Waals surface area contributed by atoms with Crippen molar-refractivity contribution in [1.29, 1.82) is 0 Å². The molecule has 0 aromatic heterocycles. The number of hydrogen-bond donors (Lipinski definition) is 1. The van der Waals surface area contributed by atoms with Crippen molar-refractivity contribution in [2.45, 2.75) is 19.9 Å². The maximum atomic E-state index is 11.9. The van der Waals surface area contributed by atoms with Gasteiger partial charge in [-0.05, 0) is 6.92 Å². The van der Waals surface area contributed by atoms with Gasteiger partial charge < -0.3 is 24.3 Å². The van der Waals surface area contributed by atoms with Crippen molar-refractivity contribution in [3.05, 3.63) is 0 Å². The number of carbonyl (C=O) groups is 4. The smallest absolute Gasteiger partial charge is 0.328 e. The lowest BCUT2D eigenvalue weighted by Gasteiger charge is -2.26. The van der Waals surface area contributed by atoms with E-state index in [4.69, 9.17) is 4.74 Å². The fourth-order valence-electron chi connectivity index (χ4n) is 1.91. The molecule has 132 valence electrons. The zero-order valence-electron chi connectivity index (χ0n) is 13.9. The first-order valence-corrected chi connectivity index (χ1v) is 6.94. The zero-order valence-corrected chi connectivity index (χ0v) is 13.9. The first-order valence-electron chi connectivity index (χ1n) is 6.94. The molecule has 0 unspecified atom stereocenters. The summed E-state index contributed by atoms with van der Waals surface area (Å²) in [5, 5.41) is 2.39. The number of amides is 1. The van der Waals surface area contributed by atoms with Crippen molar-refractivity contribution in [3.8, 4) is 0 Å². The molecule has 0 saturated heterocycles. The molecule has 0 fully saturated rings. The molecule has 1 N–H and O–H groups in total. The summed E-state index contributed by atoms with van der Waals surface area (Å²) in [6.07, 6.45) is 0. The minimum Gasteiger partial charge on any atom is -0.468 e. The molecule has 0 saturated carbocycles. The topological polar surface area (TPSA) is 117 Å². The SMILES string of the molecule is CCOCC(=O)N[C@@H](C(=O)OC)[C@@H](C)C(C(=O)OC)C(=O)OC. The Kier molecular flexibility index (Phi) is 9.56. The Morgan fingerprint density at radius 1 is 0.913 bits per heavy atom. The van der Waals surface area contributed by atoms with Crippen LogP contribution in [-0.4, -0.2) is 64.4 Å². The van der Waals surface area contributed by atoms with Gasteiger partial charge in [0.2, 0.25) is 5.91 Å². The molecule has 0 spiro atoms. The second-order valence-corrected chi connectivity index (χ2v) is 4.59. The third kappa shape index (κ3) is 6.23. The van der Waals surface area contributed by atoms with E-state index in [9.17, 15) is 19.2 Å². The van der Waals surface area contributed by atoms with Crippen LogP contribution in [0.3, 0.4) is 0 Å². The van der Waals surface area contributed by atoms with Gasteiger partial charge in [-0.1, -0.05) is 6.92 Å². The van der Waals surface area contributed by atoms with Crippen LogP contribution in [0.1, 0.15) is 13.8 Å². The molecule has 9 heteroatoms. The predicted octanol–water partition coefficient (Wildman–Crippen LogP) is -0.721. The minimum absolute atomic E-state index is 0.266. The van der Waals surface area contributed by atoms with Gasteiger partial charge in [-0.2, -0.15) is 0 Å². The minimum atomic E-state index is -1.39. The fourth-order valence-corrected chi connectivity index (χ4v) is 1.91. The number of rotatable bonds is 9. The van der Waals surface area contributed by atoms with Crippen molar-refractivity contribution in [2.75, 3.05) is 34.5 Å². The van der Waals surface area contributed by atoms with Crippen LogP contribution in [0.15, 0.2) is 0 Å². The molecular formula is C14H23NO8. The maximum absolute atomic E-state index is 11.9. The Balaban J connectivity index is 5.33. The van der Waals surface area contributed by atoms with E-state index in [1.807, 2.05) is 0 Å². The first-order chi connectivity index (χ1) is 10.8. The summed E-state index contributed by atoms with van der Waals surface area (Å²) in [6.45, 7) is 3.19. The van der Waals surface area contributed by atoms with Crippen molar-refractivity contribution >= 4 is 23.8 Å². The highest BCUT2D eigenvalue weighted by molar-refractivity contribution is 5.96. The molecule has 0 aromatic rings. The second-order valence-electron chi connectivity index (χ2n) is 4.59. The number of esters is 3. The van der Waals surface area contributed by atoms with Crippen LogP contribution in [0.25, 0.3) is 0 Å². The Labute approximate surface area is 134 Å². The number of ether oxygens (including phenoxy) is 4. The standard InChI is InChI=1S/C14H23NO8/c1-6-23-7-9(16)15-11(14(19)22-5)8(2)10(12(17)20-3)13(18)21-4/h8,10-11H,6-7H2,1-5H3,(H,15,16)/t8-,11+/m0/s1. The van der Waals surface area contributed by atoms with E-state index in [2.05, 4.69) is 19.5 Å². The van der Waals surface area contributed by atoms with E-state index in [1.54, 1.807) is 6.92 Å². The highest BCUT2D eigenvalue weighted by atomic mass is 16.5. The summed E-state index contributed by atoms with van der Waals surface area (Å²) < 4.78 is 18.7. The van der Waals surface area contributed by atoms with E-state index >= 15 is 0 Å². The highest BCUT2D eigenvalue weighted by Gasteiger charge is 2.42. The van der Waals surface area contributed by atoms with Gasteiger partial charge in [0.15, 0.2) is 5.92 Å². The Morgan fingerprint density at radius 3 is 1.78 bits per heavy atom. The van der Waals surface area contributed by atoms with E-state index in [1.165, 1.54) is 6.92 Å². The number of hydrogen-bond acceptors (Lipinski definition) is 8. The van der Waals surface area contributed by atoms with Crippen LogP contribution in [0.2, 0.25) is 0 Å². The van der Waals surface area contributed by atoms with Crippen molar-refractivity contribution in [3.63, 3.8) is 0 Å². The van der Waals surface area contributed by atoms with Gasteiger partial charge in [0.05, 0.1) is 21.3 Å². The molecule has 23 heavy (non-hydrogen) atoms. The van der Waals surface area contributed by atoms with Crippen molar-refractivity contribution in [2.24, 2.45) is 11.8 Å². The van der Waals surface area contributed by atoms with Crippen LogP contribution in [0, 0.1) is 11.8 Å². The summed E-state index contributed by atoms with van der Waals surface area (Å²) >= 11 is 0. The summed E-state index contributed by atoms with van der Waals surface area (Å²) in [5.41, 5.74) is 0. The van der Waals surface area contributed by atoms with Crippen LogP contribution >= 0.6 is 0 Å². The quantitative estimate of drug-likeness (QED) is 0.334. The maximum Gasteiger partial charge on any atom is 0.328 e. The second kappa shape index (κ2) is 10.5. The molecule has 0 aromatic carbocycles. The van der Waals surface area contributed by atoms with Crippen LogP contribution in [-0.2, 0) is 38.1 Å². The lowest BCUT2D eigenvalue weighted by Crippen LogP contribution is -2.51. The summed E-state index contributed by atoms with van der Waals surface area (Å²) in [5.74, 6) is -5.48. The molecule has 0 aliphatic heterocycles. The number of nitrogens with one attached hydrogen (secondary N) is 1. The number of carbonyl (C=O) groups excluding carboxylic acids is 4. The summed E-state index contributed by atoms with van der Waals surface area (Å²) in [7, 11) is 3.33. The molecule has 9 nitrogen and oxygen atoms in total. The molecule has 0 rings (SSSR count). The highest BCUT2D eigenvalue weighted by Crippen LogP contribution is 2.20. The average molecular weight is 333 g/mol. The molecule has 0 radical (unpaired) electrons. The zero-order chi connectivity index (χ0) is 18.0. The largest absolute Gasteiger partial charge is 0.468 e. The molecular weight excluding hydrogens is 310 g/mol. The summed E-state index contributed by atoms with van der Waals surface area (Å²) in [6, 6.07) is -1.24. The van der Waals surface area contributed by atoms with Crippen LogP contribution in [0.5, 0.6) is 0 Å². The van der Waals surface area contributed by atoms with E-state index < -0.39 is 41.7 Å². The van der Waals surface area contributed by atoms with Gasteiger partial charge in [0, 0.05) is 12.5 Å². The summed E-state index contributed by atoms with van der Waals surface area (Å²) in [4.78, 5) is 47.3. The van der Waals surface area contributed by atoms with Gasteiger partial charge in [-0.3, -0.25) is 14.4 Å². The molecule has 0 aliphatic carbocycles. The molecule has 1 amide bonds. The average Bonchev–Trinajstić information content (AvgIpc) is 2.56. The monoisotopic (exact) mass is 333 g/mol. The van der Waals surface area contributed by atoms with Crippen LogP contribution < -0.4 is 5.32 Å². The molecule has 0 bridgehead atoms. The van der Waals surface area contributed by atoms with Gasteiger partial charge in [0.25, 0.3) is 0 Å². The molecule has 0 heterocycles.